The number of halogens is 1. The largest absolute Gasteiger partial charge is 0.336 e. The molecule has 1 aromatic carbocycles. The van der Waals surface area contributed by atoms with Crippen LogP contribution >= 0.6 is 11.6 Å². The second-order valence-electron chi connectivity index (χ2n) is 4.93. The number of rotatable bonds is 4. The molecule has 1 amide bonds. The Kier molecular flexibility index (Phi) is 4.62. The van der Waals surface area contributed by atoms with E-state index in [9.17, 15) is 4.79 Å². The Bertz CT molecular complexity index is 871. The Labute approximate surface area is 143 Å². The van der Waals surface area contributed by atoms with E-state index in [2.05, 4.69) is 30.6 Å². The first kappa shape index (κ1) is 15.8. The van der Waals surface area contributed by atoms with E-state index in [1.165, 1.54) is 6.33 Å². The standard InChI is InChI=1S/C16H13ClN6O/c1-10-6-20-15(22-13-7-18-9-19-8-13)14(21-10)16(24)23-12-4-2-3-11(17)5-12/h2-9H,1H3,(H,20,22)(H,23,24). The van der Waals surface area contributed by atoms with Crippen molar-refractivity contribution in [1.82, 2.24) is 19.9 Å². The van der Waals surface area contributed by atoms with Gasteiger partial charge in [-0.05, 0) is 25.1 Å². The molecular formula is C16H13ClN6O. The number of amides is 1. The lowest BCUT2D eigenvalue weighted by molar-refractivity contribution is 0.102. The fraction of sp³-hybridized carbons (Fsp3) is 0.0625. The molecule has 8 heteroatoms. The number of benzene rings is 1. The highest BCUT2D eigenvalue weighted by molar-refractivity contribution is 6.31. The van der Waals surface area contributed by atoms with E-state index >= 15 is 0 Å². The molecule has 0 saturated carbocycles. The van der Waals surface area contributed by atoms with Crippen molar-refractivity contribution in [3.63, 3.8) is 0 Å². The molecule has 0 aliphatic heterocycles. The fourth-order valence-electron chi connectivity index (χ4n) is 1.98. The maximum absolute atomic E-state index is 12.6. The molecule has 0 saturated heterocycles. The third-order valence-corrected chi connectivity index (χ3v) is 3.25. The molecule has 0 aliphatic carbocycles. The van der Waals surface area contributed by atoms with E-state index in [-0.39, 0.29) is 5.69 Å². The first-order valence-corrected chi connectivity index (χ1v) is 7.42. The van der Waals surface area contributed by atoms with Gasteiger partial charge in [-0.15, -0.1) is 0 Å². The minimum atomic E-state index is -0.396. The van der Waals surface area contributed by atoms with Crippen LogP contribution in [0.2, 0.25) is 5.02 Å². The van der Waals surface area contributed by atoms with Gasteiger partial charge in [0.1, 0.15) is 6.33 Å². The summed E-state index contributed by atoms with van der Waals surface area (Å²) in [5, 5.41) is 6.28. The van der Waals surface area contributed by atoms with Gasteiger partial charge in [-0.25, -0.2) is 19.9 Å². The van der Waals surface area contributed by atoms with Crippen LogP contribution < -0.4 is 10.6 Å². The third kappa shape index (κ3) is 3.82. The molecule has 0 spiro atoms. The third-order valence-electron chi connectivity index (χ3n) is 3.01. The number of anilines is 3. The molecule has 2 heterocycles. The van der Waals surface area contributed by atoms with Crippen molar-refractivity contribution in [2.45, 2.75) is 6.92 Å². The van der Waals surface area contributed by atoms with Gasteiger partial charge in [-0.1, -0.05) is 17.7 Å². The van der Waals surface area contributed by atoms with Crippen LogP contribution in [-0.2, 0) is 0 Å². The molecule has 120 valence electrons. The topological polar surface area (TPSA) is 92.7 Å². The summed E-state index contributed by atoms with van der Waals surface area (Å²) in [6.45, 7) is 1.76. The molecular weight excluding hydrogens is 328 g/mol. The zero-order chi connectivity index (χ0) is 16.9. The van der Waals surface area contributed by atoms with Crippen LogP contribution in [0.3, 0.4) is 0 Å². The van der Waals surface area contributed by atoms with E-state index in [1.807, 2.05) is 0 Å². The number of nitrogens with zero attached hydrogens (tertiary/aromatic N) is 4. The number of hydrogen-bond acceptors (Lipinski definition) is 6. The van der Waals surface area contributed by atoms with Crippen LogP contribution in [0, 0.1) is 6.92 Å². The molecule has 0 atom stereocenters. The van der Waals surface area contributed by atoms with Crippen LogP contribution in [0.1, 0.15) is 16.2 Å². The molecule has 0 radical (unpaired) electrons. The van der Waals surface area contributed by atoms with Gasteiger partial charge >= 0.3 is 0 Å². The molecule has 2 N–H and O–H groups in total. The number of nitrogens with one attached hydrogen (secondary N) is 2. The Morgan fingerprint density at radius 2 is 1.92 bits per heavy atom. The Morgan fingerprint density at radius 1 is 1.12 bits per heavy atom. The molecule has 0 fully saturated rings. The Balaban J connectivity index is 1.88. The number of aryl methyl sites for hydroxylation is 1. The SMILES string of the molecule is Cc1cnc(Nc2cncnc2)c(C(=O)Nc2cccc(Cl)c2)n1. The van der Waals surface area contributed by atoms with E-state index in [0.29, 0.717) is 27.9 Å². The molecule has 0 unspecified atom stereocenters. The first-order chi connectivity index (χ1) is 11.6. The van der Waals surface area contributed by atoms with E-state index in [0.717, 1.165) is 0 Å². The molecule has 3 rings (SSSR count). The van der Waals surface area contributed by atoms with Crippen molar-refractivity contribution >= 4 is 34.7 Å². The maximum Gasteiger partial charge on any atom is 0.278 e. The summed E-state index contributed by atoms with van der Waals surface area (Å²) >= 11 is 5.93. The highest BCUT2D eigenvalue weighted by Crippen LogP contribution is 2.19. The zero-order valence-electron chi connectivity index (χ0n) is 12.7. The van der Waals surface area contributed by atoms with E-state index in [1.54, 1.807) is 49.8 Å². The van der Waals surface area contributed by atoms with Crippen LogP contribution in [-0.4, -0.2) is 25.8 Å². The normalized spacial score (nSPS) is 10.2. The highest BCUT2D eigenvalue weighted by atomic mass is 35.5. The van der Waals surface area contributed by atoms with Gasteiger partial charge in [0.2, 0.25) is 0 Å². The highest BCUT2D eigenvalue weighted by Gasteiger charge is 2.16. The second kappa shape index (κ2) is 7.01. The molecule has 24 heavy (non-hydrogen) atoms. The summed E-state index contributed by atoms with van der Waals surface area (Å²) < 4.78 is 0. The monoisotopic (exact) mass is 340 g/mol. The summed E-state index contributed by atoms with van der Waals surface area (Å²) in [5.41, 5.74) is 1.97. The summed E-state index contributed by atoms with van der Waals surface area (Å²) in [7, 11) is 0. The van der Waals surface area contributed by atoms with Gasteiger partial charge in [0, 0.05) is 10.7 Å². The van der Waals surface area contributed by atoms with Crippen molar-refractivity contribution in [3.05, 3.63) is 65.6 Å². The smallest absolute Gasteiger partial charge is 0.278 e. The lowest BCUT2D eigenvalue weighted by Crippen LogP contribution is -2.17. The van der Waals surface area contributed by atoms with E-state index in [4.69, 9.17) is 11.6 Å². The minimum absolute atomic E-state index is 0.166. The molecule has 0 aliphatic rings. The van der Waals surface area contributed by atoms with Crippen LogP contribution in [0.5, 0.6) is 0 Å². The van der Waals surface area contributed by atoms with Gasteiger partial charge in [-0.3, -0.25) is 4.79 Å². The average molecular weight is 341 g/mol. The average Bonchev–Trinajstić information content (AvgIpc) is 2.57. The van der Waals surface area contributed by atoms with Crippen molar-refractivity contribution in [2.75, 3.05) is 10.6 Å². The van der Waals surface area contributed by atoms with E-state index < -0.39 is 5.91 Å². The number of aromatic nitrogens is 4. The Morgan fingerprint density at radius 3 is 2.67 bits per heavy atom. The van der Waals surface area contributed by atoms with Gasteiger partial charge in [0.15, 0.2) is 11.5 Å². The van der Waals surface area contributed by atoms with Crippen molar-refractivity contribution in [2.24, 2.45) is 0 Å². The zero-order valence-corrected chi connectivity index (χ0v) is 13.4. The van der Waals surface area contributed by atoms with Crippen molar-refractivity contribution in [3.8, 4) is 0 Å². The molecule has 7 nitrogen and oxygen atoms in total. The fourth-order valence-corrected chi connectivity index (χ4v) is 2.17. The molecule has 0 bridgehead atoms. The van der Waals surface area contributed by atoms with Gasteiger partial charge in [0.05, 0.1) is 30.0 Å². The lowest BCUT2D eigenvalue weighted by atomic mass is 10.3. The predicted octanol–water partition coefficient (Wildman–Crippen LogP) is 3.22. The summed E-state index contributed by atoms with van der Waals surface area (Å²) in [4.78, 5) is 28.9. The number of carbonyl (C=O) groups excluding carboxylic acids is 1. The number of hydrogen-bond donors (Lipinski definition) is 2. The summed E-state index contributed by atoms with van der Waals surface area (Å²) in [6.07, 6.45) is 6.14. The second-order valence-corrected chi connectivity index (χ2v) is 5.36. The van der Waals surface area contributed by atoms with Gasteiger partial charge in [-0.2, -0.15) is 0 Å². The van der Waals surface area contributed by atoms with Crippen molar-refractivity contribution in [1.29, 1.82) is 0 Å². The minimum Gasteiger partial charge on any atom is -0.336 e. The van der Waals surface area contributed by atoms with Crippen molar-refractivity contribution < 1.29 is 4.79 Å². The van der Waals surface area contributed by atoms with Crippen LogP contribution in [0.15, 0.2) is 49.2 Å². The summed E-state index contributed by atoms with van der Waals surface area (Å²) in [6, 6.07) is 6.87. The molecule has 3 aromatic rings. The lowest BCUT2D eigenvalue weighted by Gasteiger charge is -2.11. The van der Waals surface area contributed by atoms with Gasteiger partial charge < -0.3 is 10.6 Å². The summed E-state index contributed by atoms with van der Waals surface area (Å²) in [5.74, 6) is -0.0808. The predicted molar refractivity (Wildman–Crippen MR) is 91.5 cm³/mol. The maximum atomic E-state index is 12.6. The van der Waals surface area contributed by atoms with Crippen LogP contribution in [0.25, 0.3) is 0 Å². The first-order valence-electron chi connectivity index (χ1n) is 7.04. The van der Waals surface area contributed by atoms with Crippen LogP contribution in [0.4, 0.5) is 17.2 Å². The quantitative estimate of drug-likeness (QED) is 0.757. The number of carbonyl (C=O) groups is 1. The Hall–Kier alpha value is -3.06. The van der Waals surface area contributed by atoms with Gasteiger partial charge in [0.25, 0.3) is 5.91 Å². The molecule has 2 aromatic heterocycles.